The standard InChI is InChI=1S/C22H23N3O2/c1-15-12-21(17-3-5-18(6-4-17)22(23)26)24-20-7-2-16(13-19(15)20)14-25-8-10-27-11-9-25/h2-7,12-13H,8-11,14H2,1H3,(H2,23,26). The molecular formula is C22H23N3O2. The number of morpholine rings is 1. The Bertz CT molecular complexity index is 977. The van der Waals surface area contributed by atoms with Crippen LogP contribution in [0.15, 0.2) is 48.5 Å². The van der Waals surface area contributed by atoms with Crippen molar-refractivity contribution in [1.29, 1.82) is 0 Å². The van der Waals surface area contributed by atoms with Crippen molar-refractivity contribution in [2.75, 3.05) is 26.3 Å². The molecule has 0 saturated carbocycles. The van der Waals surface area contributed by atoms with E-state index in [9.17, 15) is 4.79 Å². The lowest BCUT2D eigenvalue weighted by molar-refractivity contribution is 0.0342. The Morgan fingerprint density at radius 2 is 1.85 bits per heavy atom. The molecule has 0 unspecified atom stereocenters. The summed E-state index contributed by atoms with van der Waals surface area (Å²) in [6.07, 6.45) is 0. The average molecular weight is 361 g/mol. The lowest BCUT2D eigenvalue weighted by atomic mass is 10.0. The molecule has 27 heavy (non-hydrogen) atoms. The summed E-state index contributed by atoms with van der Waals surface area (Å²) in [6, 6.07) is 15.9. The molecule has 0 atom stereocenters. The van der Waals surface area contributed by atoms with E-state index in [-0.39, 0.29) is 0 Å². The van der Waals surface area contributed by atoms with E-state index in [0.29, 0.717) is 5.56 Å². The summed E-state index contributed by atoms with van der Waals surface area (Å²) in [5, 5.41) is 1.18. The molecule has 0 spiro atoms. The number of pyridine rings is 1. The number of ether oxygens (including phenoxy) is 1. The highest BCUT2D eigenvalue weighted by molar-refractivity contribution is 5.93. The molecule has 0 bridgehead atoms. The van der Waals surface area contributed by atoms with E-state index in [0.717, 1.165) is 49.6 Å². The summed E-state index contributed by atoms with van der Waals surface area (Å²) >= 11 is 0. The molecule has 5 nitrogen and oxygen atoms in total. The highest BCUT2D eigenvalue weighted by atomic mass is 16.5. The first-order valence-corrected chi connectivity index (χ1v) is 9.21. The summed E-state index contributed by atoms with van der Waals surface area (Å²) < 4.78 is 5.43. The molecule has 1 saturated heterocycles. The summed E-state index contributed by atoms with van der Waals surface area (Å²) in [5.41, 5.74) is 11.2. The minimum Gasteiger partial charge on any atom is -0.379 e. The van der Waals surface area contributed by atoms with Gasteiger partial charge in [-0.3, -0.25) is 9.69 Å². The zero-order chi connectivity index (χ0) is 18.8. The van der Waals surface area contributed by atoms with Crippen LogP contribution in [-0.4, -0.2) is 42.1 Å². The Balaban J connectivity index is 1.63. The Labute approximate surface area is 158 Å². The van der Waals surface area contributed by atoms with Gasteiger partial charge in [-0.1, -0.05) is 18.2 Å². The first-order valence-electron chi connectivity index (χ1n) is 9.21. The molecule has 2 aromatic carbocycles. The number of benzene rings is 2. The number of carbonyl (C=O) groups excluding carboxylic acids is 1. The highest BCUT2D eigenvalue weighted by Crippen LogP contribution is 2.26. The minimum atomic E-state index is -0.419. The maximum Gasteiger partial charge on any atom is 0.248 e. The zero-order valence-electron chi connectivity index (χ0n) is 15.4. The van der Waals surface area contributed by atoms with E-state index in [4.69, 9.17) is 15.5 Å². The second kappa shape index (κ2) is 7.47. The van der Waals surface area contributed by atoms with Crippen molar-refractivity contribution in [2.24, 2.45) is 5.73 Å². The first-order chi connectivity index (χ1) is 13.1. The third-order valence-corrected chi connectivity index (χ3v) is 5.06. The van der Waals surface area contributed by atoms with Crippen LogP contribution < -0.4 is 5.73 Å². The lowest BCUT2D eigenvalue weighted by Crippen LogP contribution is -2.35. The van der Waals surface area contributed by atoms with Crippen LogP contribution in [0.1, 0.15) is 21.5 Å². The van der Waals surface area contributed by atoms with Crippen molar-refractivity contribution in [3.8, 4) is 11.3 Å². The fourth-order valence-electron chi connectivity index (χ4n) is 3.51. The van der Waals surface area contributed by atoms with Crippen LogP contribution in [0.4, 0.5) is 0 Å². The smallest absolute Gasteiger partial charge is 0.248 e. The molecule has 0 aliphatic carbocycles. The SMILES string of the molecule is Cc1cc(-c2ccc(C(N)=O)cc2)nc2ccc(CN3CCOCC3)cc12. The van der Waals surface area contributed by atoms with Crippen LogP contribution in [0.25, 0.3) is 22.2 Å². The predicted molar refractivity (Wildman–Crippen MR) is 107 cm³/mol. The number of primary amides is 1. The van der Waals surface area contributed by atoms with Crippen molar-refractivity contribution < 1.29 is 9.53 Å². The number of nitrogens with zero attached hydrogens (tertiary/aromatic N) is 2. The third kappa shape index (κ3) is 3.84. The largest absolute Gasteiger partial charge is 0.379 e. The number of carbonyl (C=O) groups is 1. The number of amides is 1. The monoisotopic (exact) mass is 361 g/mol. The molecule has 4 rings (SSSR count). The summed E-state index contributed by atoms with van der Waals surface area (Å²) in [5.74, 6) is -0.419. The van der Waals surface area contributed by atoms with Crippen LogP contribution >= 0.6 is 0 Å². The van der Waals surface area contributed by atoms with Crippen molar-refractivity contribution >= 4 is 16.8 Å². The van der Waals surface area contributed by atoms with Gasteiger partial charge in [0.2, 0.25) is 5.91 Å². The van der Waals surface area contributed by atoms with Crippen LogP contribution in [0.3, 0.4) is 0 Å². The summed E-state index contributed by atoms with van der Waals surface area (Å²) in [6.45, 7) is 6.64. The van der Waals surface area contributed by atoms with Gasteiger partial charge in [-0.15, -0.1) is 0 Å². The van der Waals surface area contributed by atoms with E-state index in [2.05, 4.69) is 36.1 Å². The van der Waals surface area contributed by atoms with E-state index < -0.39 is 5.91 Å². The molecule has 3 aromatic rings. The van der Waals surface area contributed by atoms with Gasteiger partial charge in [0.25, 0.3) is 0 Å². The van der Waals surface area contributed by atoms with Gasteiger partial charge in [-0.05, 0) is 48.4 Å². The normalized spacial score (nSPS) is 15.1. The molecule has 2 heterocycles. The van der Waals surface area contributed by atoms with Crippen molar-refractivity contribution in [3.05, 3.63) is 65.2 Å². The highest BCUT2D eigenvalue weighted by Gasteiger charge is 2.12. The number of aryl methyl sites for hydroxylation is 1. The Morgan fingerprint density at radius 3 is 2.56 bits per heavy atom. The Kier molecular flexibility index (Phi) is 4.88. The van der Waals surface area contributed by atoms with Gasteiger partial charge in [-0.2, -0.15) is 0 Å². The minimum absolute atomic E-state index is 0.419. The number of rotatable bonds is 4. The average Bonchev–Trinajstić information content (AvgIpc) is 2.69. The second-order valence-corrected chi connectivity index (χ2v) is 7.01. The number of aromatic nitrogens is 1. The fraction of sp³-hybridized carbons (Fsp3) is 0.273. The van der Waals surface area contributed by atoms with E-state index in [1.54, 1.807) is 12.1 Å². The van der Waals surface area contributed by atoms with Gasteiger partial charge in [0, 0.05) is 36.1 Å². The molecule has 5 heteroatoms. The number of hydrogen-bond acceptors (Lipinski definition) is 4. The molecule has 0 radical (unpaired) electrons. The Morgan fingerprint density at radius 1 is 1.11 bits per heavy atom. The van der Waals surface area contributed by atoms with E-state index >= 15 is 0 Å². The third-order valence-electron chi connectivity index (χ3n) is 5.06. The quantitative estimate of drug-likeness (QED) is 0.775. The summed E-state index contributed by atoms with van der Waals surface area (Å²) in [4.78, 5) is 18.5. The number of nitrogens with two attached hydrogens (primary N) is 1. The molecule has 1 amide bonds. The van der Waals surface area contributed by atoms with Crippen LogP contribution in [-0.2, 0) is 11.3 Å². The van der Waals surface area contributed by atoms with Crippen molar-refractivity contribution in [3.63, 3.8) is 0 Å². The predicted octanol–water partition coefficient (Wildman–Crippen LogP) is 3.14. The van der Waals surface area contributed by atoms with Crippen LogP contribution in [0, 0.1) is 6.92 Å². The lowest BCUT2D eigenvalue weighted by Gasteiger charge is -2.26. The molecule has 1 fully saturated rings. The van der Waals surface area contributed by atoms with Crippen molar-refractivity contribution in [2.45, 2.75) is 13.5 Å². The molecule has 1 aliphatic rings. The van der Waals surface area contributed by atoms with Crippen molar-refractivity contribution in [1.82, 2.24) is 9.88 Å². The fourth-order valence-corrected chi connectivity index (χ4v) is 3.51. The van der Waals surface area contributed by atoms with Gasteiger partial charge in [0.05, 0.1) is 24.4 Å². The van der Waals surface area contributed by atoms with Gasteiger partial charge in [-0.25, -0.2) is 4.98 Å². The van der Waals surface area contributed by atoms with Gasteiger partial charge in [0.1, 0.15) is 0 Å². The molecular weight excluding hydrogens is 338 g/mol. The van der Waals surface area contributed by atoms with Gasteiger partial charge >= 0.3 is 0 Å². The molecule has 138 valence electrons. The van der Waals surface area contributed by atoms with E-state index in [1.807, 2.05) is 12.1 Å². The topological polar surface area (TPSA) is 68.5 Å². The van der Waals surface area contributed by atoms with Gasteiger partial charge < -0.3 is 10.5 Å². The maximum absolute atomic E-state index is 11.2. The number of hydrogen-bond donors (Lipinski definition) is 1. The molecule has 1 aromatic heterocycles. The van der Waals surface area contributed by atoms with Gasteiger partial charge in [0.15, 0.2) is 0 Å². The number of fused-ring (bicyclic) bond motifs is 1. The van der Waals surface area contributed by atoms with Crippen LogP contribution in [0.2, 0.25) is 0 Å². The van der Waals surface area contributed by atoms with E-state index in [1.165, 1.54) is 16.5 Å². The maximum atomic E-state index is 11.2. The Hall–Kier alpha value is -2.76. The zero-order valence-corrected chi connectivity index (χ0v) is 15.4. The first kappa shape index (κ1) is 17.6. The second-order valence-electron chi connectivity index (χ2n) is 7.01. The molecule has 1 aliphatic heterocycles. The summed E-state index contributed by atoms with van der Waals surface area (Å²) in [7, 11) is 0. The molecule has 2 N–H and O–H groups in total. The van der Waals surface area contributed by atoms with Crippen LogP contribution in [0.5, 0.6) is 0 Å².